The number of β-amino-alcohol motifs (C(OH)–C–C–N with tert-alkyl or cyclic N) is 1. The van der Waals surface area contributed by atoms with Gasteiger partial charge in [-0.15, -0.1) is 0 Å². The molecule has 3 N–H and O–H groups in total. The van der Waals surface area contributed by atoms with E-state index < -0.39 is 0 Å². The second-order valence-corrected chi connectivity index (χ2v) is 3.63. The Kier molecular flexibility index (Phi) is 2.02. The van der Waals surface area contributed by atoms with Crippen LogP contribution in [0, 0.1) is 0 Å². The molecule has 0 aromatic heterocycles. The summed E-state index contributed by atoms with van der Waals surface area (Å²) in [5.41, 5.74) is 0. The summed E-state index contributed by atoms with van der Waals surface area (Å²) in [6.07, 6.45) is 2.43. The van der Waals surface area contributed by atoms with Gasteiger partial charge in [-0.2, -0.15) is 0 Å². The fourth-order valence-electron chi connectivity index (χ4n) is 1.45. The van der Waals surface area contributed by atoms with Crippen LogP contribution in [0.5, 0.6) is 0 Å². The van der Waals surface area contributed by atoms with Crippen LogP contribution in [0.25, 0.3) is 0 Å². The summed E-state index contributed by atoms with van der Waals surface area (Å²) in [5.74, 6) is 0.0500. The van der Waals surface area contributed by atoms with Gasteiger partial charge in [-0.3, -0.25) is 4.79 Å². The number of nitrogens with one attached hydrogen (secondary N) is 2. The maximum absolute atomic E-state index is 11.4. The van der Waals surface area contributed by atoms with Crippen molar-refractivity contribution >= 4 is 5.91 Å². The van der Waals surface area contributed by atoms with Crippen LogP contribution in [-0.4, -0.2) is 35.7 Å². The molecule has 68 valence electrons. The first-order valence-corrected chi connectivity index (χ1v) is 4.47. The molecule has 1 saturated carbocycles. The molecule has 4 heteroatoms. The Morgan fingerprint density at radius 1 is 1.50 bits per heavy atom. The highest BCUT2D eigenvalue weighted by Gasteiger charge is 2.31. The zero-order chi connectivity index (χ0) is 8.55. The predicted octanol–water partition coefficient (Wildman–Crippen LogP) is -1.01. The molecule has 0 spiro atoms. The summed E-state index contributed by atoms with van der Waals surface area (Å²) >= 11 is 0. The second-order valence-electron chi connectivity index (χ2n) is 3.63. The number of rotatable bonds is 2. The van der Waals surface area contributed by atoms with Crippen molar-refractivity contribution in [3.05, 3.63) is 0 Å². The van der Waals surface area contributed by atoms with Crippen LogP contribution in [0.1, 0.15) is 19.3 Å². The molecule has 2 fully saturated rings. The maximum atomic E-state index is 11.4. The molecule has 0 aromatic carbocycles. The van der Waals surface area contributed by atoms with Crippen LogP contribution in [0.3, 0.4) is 0 Å². The number of amides is 1. The van der Waals surface area contributed by atoms with Gasteiger partial charge in [-0.05, 0) is 19.3 Å². The maximum Gasteiger partial charge on any atom is 0.237 e. The number of aliphatic hydroxyl groups excluding tert-OH is 1. The third-order valence-electron chi connectivity index (χ3n) is 2.35. The molecule has 4 nitrogen and oxygen atoms in total. The smallest absolute Gasteiger partial charge is 0.237 e. The third kappa shape index (κ3) is 1.76. The van der Waals surface area contributed by atoms with Crippen LogP contribution in [0.4, 0.5) is 0 Å². The highest BCUT2D eigenvalue weighted by molar-refractivity contribution is 5.82. The summed E-state index contributed by atoms with van der Waals surface area (Å²) in [4.78, 5) is 11.4. The fourth-order valence-corrected chi connectivity index (χ4v) is 1.45. The second kappa shape index (κ2) is 3.03. The van der Waals surface area contributed by atoms with Gasteiger partial charge in [-0.1, -0.05) is 0 Å². The van der Waals surface area contributed by atoms with Gasteiger partial charge in [0, 0.05) is 12.6 Å². The zero-order valence-corrected chi connectivity index (χ0v) is 6.92. The lowest BCUT2D eigenvalue weighted by Gasteiger charge is -2.09. The molecule has 1 amide bonds. The molecule has 12 heavy (non-hydrogen) atoms. The Morgan fingerprint density at radius 3 is 2.75 bits per heavy atom. The van der Waals surface area contributed by atoms with Crippen molar-refractivity contribution in [1.82, 2.24) is 10.6 Å². The lowest BCUT2D eigenvalue weighted by molar-refractivity contribution is -0.123. The number of hydrogen-bond acceptors (Lipinski definition) is 3. The highest BCUT2D eigenvalue weighted by atomic mass is 16.3. The summed E-state index contributed by atoms with van der Waals surface area (Å²) in [6, 6.07) is 0.248. The van der Waals surface area contributed by atoms with Crippen molar-refractivity contribution in [2.24, 2.45) is 0 Å². The van der Waals surface area contributed by atoms with Gasteiger partial charge in [0.25, 0.3) is 0 Å². The molecule has 0 bridgehead atoms. The van der Waals surface area contributed by atoms with E-state index in [0.29, 0.717) is 19.0 Å². The molecule has 0 aromatic rings. The SMILES string of the molecule is O=C(NC1CC1)[C@H]1C[C@@H](O)CN1. The van der Waals surface area contributed by atoms with Gasteiger partial charge in [0.15, 0.2) is 0 Å². The van der Waals surface area contributed by atoms with Crippen LogP contribution < -0.4 is 10.6 Å². The normalized spacial score (nSPS) is 35.1. The quantitative estimate of drug-likeness (QED) is 0.497. The van der Waals surface area contributed by atoms with E-state index in [1.165, 1.54) is 0 Å². The van der Waals surface area contributed by atoms with E-state index >= 15 is 0 Å². The van der Waals surface area contributed by atoms with Gasteiger partial charge in [0.05, 0.1) is 12.1 Å². The van der Waals surface area contributed by atoms with Gasteiger partial charge >= 0.3 is 0 Å². The fraction of sp³-hybridized carbons (Fsp3) is 0.875. The first-order valence-electron chi connectivity index (χ1n) is 4.47. The van der Waals surface area contributed by atoms with Crippen LogP contribution in [0.2, 0.25) is 0 Å². The molecule has 1 saturated heterocycles. The van der Waals surface area contributed by atoms with Gasteiger partial charge in [0.1, 0.15) is 0 Å². The van der Waals surface area contributed by atoms with Crippen molar-refractivity contribution in [3.63, 3.8) is 0 Å². The van der Waals surface area contributed by atoms with Gasteiger partial charge in [0.2, 0.25) is 5.91 Å². The van der Waals surface area contributed by atoms with E-state index in [2.05, 4.69) is 10.6 Å². The van der Waals surface area contributed by atoms with Crippen molar-refractivity contribution in [2.75, 3.05) is 6.54 Å². The van der Waals surface area contributed by atoms with E-state index in [1.54, 1.807) is 0 Å². The Bertz CT molecular complexity index is 191. The lowest BCUT2D eigenvalue weighted by atomic mass is 10.2. The molecular formula is C8H14N2O2. The van der Waals surface area contributed by atoms with Crippen molar-refractivity contribution in [2.45, 2.75) is 37.5 Å². The van der Waals surface area contributed by atoms with E-state index in [0.717, 1.165) is 12.8 Å². The molecular weight excluding hydrogens is 156 g/mol. The minimum Gasteiger partial charge on any atom is -0.392 e. The van der Waals surface area contributed by atoms with Crippen LogP contribution in [0.15, 0.2) is 0 Å². The molecule has 0 radical (unpaired) electrons. The van der Waals surface area contributed by atoms with E-state index in [9.17, 15) is 4.79 Å². The van der Waals surface area contributed by atoms with E-state index in [4.69, 9.17) is 5.11 Å². The molecule has 1 aliphatic heterocycles. The average Bonchev–Trinajstić information content (AvgIpc) is 2.72. The third-order valence-corrected chi connectivity index (χ3v) is 2.35. The summed E-state index contributed by atoms with van der Waals surface area (Å²) in [6.45, 7) is 0.544. The summed E-state index contributed by atoms with van der Waals surface area (Å²) < 4.78 is 0. The van der Waals surface area contributed by atoms with Crippen LogP contribution >= 0.6 is 0 Å². The molecule has 1 aliphatic carbocycles. The number of hydrogen-bond donors (Lipinski definition) is 3. The van der Waals surface area contributed by atoms with E-state index in [1.807, 2.05) is 0 Å². The number of carbonyl (C=O) groups is 1. The highest BCUT2D eigenvalue weighted by Crippen LogP contribution is 2.19. The molecule has 2 atom stereocenters. The van der Waals surface area contributed by atoms with Crippen LogP contribution in [-0.2, 0) is 4.79 Å². The largest absolute Gasteiger partial charge is 0.392 e. The minimum atomic E-state index is -0.347. The standard InChI is InChI=1S/C8H14N2O2/c11-6-3-7(9-4-6)8(12)10-5-1-2-5/h5-7,9,11H,1-4H2,(H,10,12)/t6-,7-/m1/s1. The molecule has 0 unspecified atom stereocenters. The minimum absolute atomic E-state index is 0.0500. The van der Waals surface area contributed by atoms with E-state index in [-0.39, 0.29) is 18.1 Å². The predicted molar refractivity (Wildman–Crippen MR) is 43.6 cm³/mol. The topological polar surface area (TPSA) is 61.4 Å². The Labute approximate surface area is 71.3 Å². The molecule has 1 heterocycles. The Morgan fingerprint density at radius 2 is 2.25 bits per heavy atom. The van der Waals surface area contributed by atoms with Gasteiger partial charge in [-0.25, -0.2) is 0 Å². The first-order chi connectivity index (χ1) is 5.75. The van der Waals surface area contributed by atoms with Crippen molar-refractivity contribution in [3.8, 4) is 0 Å². The zero-order valence-electron chi connectivity index (χ0n) is 6.92. The Hall–Kier alpha value is -0.610. The van der Waals surface area contributed by atoms with Gasteiger partial charge < -0.3 is 15.7 Å². The first kappa shape index (κ1) is 8.01. The number of carbonyl (C=O) groups excluding carboxylic acids is 1. The van der Waals surface area contributed by atoms with Crippen molar-refractivity contribution < 1.29 is 9.90 Å². The average molecular weight is 170 g/mol. The number of aliphatic hydroxyl groups is 1. The molecule has 2 aliphatic rings. The molecule has 2 rings (SSSR count). The summed E-state index contributed by atoms with van der Waals surface area (Å²) in [7, 11) is 0. The lowest BCUT2D eigenvalue weighted by Crippen LogP contribution is -2.41. The Balaban J connectivity index is 1.79. The van der Waals surface area contributed by atoms with Crippen molar-refractivity contribution in [1.29, 1.82) is 0 Å². The summed E-state index contributed by atoms with van der Waals surface area (Å²) in [5, 5.41) is 15.0. The monoisotopic (exact) mass is 170 g/mol.